The summed E-state index contributed by atoms with van der Waals surface area (Å²) in [7, 11) is 1.91. The Morgan fingerprint density at radius 1 is 1.18 bits per heavy atom. The van der Waals surface area contributed by atoms with E-state index in [0.717, 1.165) is 11.8 Å². The van der Waals surface area contributed by atoms with Crippen LogP contribution in [0, 0.1) is 5.92 Å². The Bertz CT molecular complexity index is 497. The van der Waals surface area contributed by atoms with Crippen LogP contribution in [0.4, 0.5) is 19.1 Å². The van der Waals surface area contributed by atoms with Crippen molar-refractivity contribution in [2.45, 2.75) is 32.9 Å². The molecule has 1 aromatic rings. The molecule has 0 spiro atoms. The average Bonchev–Trinajstić information content (AvgIpc) is 2.65. The van der Waals surface area contributed by atoms with Crippen molar-refractivity contribution in [3.63, 3.8) is 0 Å². The standard InChI is InChI=1S/C14H24F3N5/c1-10(2)12-18-19-13(20(12)4)22-6-5-21(7-11(3)8-22)9-14(15,16)17/h10-11H,5-9H2,1-4H3. The molecule has 8 heteroatoms. The van der Waals surface area contributed by atoms with Gasteiger partial charge in [-0.2, -0.15) is 13.2 Å². The van der Waals surface area contributed by atoms with Gasteiger partial charge < -0.3 is 9.47 Å². The number of aromatic nitrogens is 3. The summed E-state index contributed by atoms with van der Waals surface area (Å²) in [5, 5.41) is 8.44. The SMILES string of the molecule is CC1CN(CC(F)(F)F)CCN(c2nnc(C(C)C)n2C)C1. The molecule has 1 aliphatic heterocycles. The maximum atomic E-state index is 12.6. The average molecular weight is 319 g/mol. The van der Waals surface area contributed by atoms with Crippen LogP contribution in [-0.2, 0) is 7.05 Å². The molecule has 0 amide bonds. The zero-order chi connectivity index (χ0) is 16.5. The number of halogens is 3. The first-order valence-electron chi connectivity index (χ1n) is 7.60. The van der Waals surface area contributed by atoms with Crippen molar-refractivity contribution >= 4 is 5.95 Å². The molecule has 0 aliphatic carbocycles. The Morgan fingerprint density at radius 2 is 1.86 bits per heavy atom. The van der Waals surface area contributed by atoms with Gasteiger partial charge in [0.2, 0.25) is 5.95 Å². The summed E-state index contributed by atoms with van der Waals surface area (Å²) in [6, 6.07) is 0. The summed E-state index contributed by atoms with van der Waals surface area (Å²) in [5.41, 5.74) is 0. The number of rotatable bonds is 3. The fourth-order valence-corrected chi connectivity index (χ4v) is 3.01. The highest BCUT2D eigenvalue weighted by atomic mass is 19.4. The molecule has 5 nitrogen and oxygen atoms in total. The molecule has 0 radical (unpaired) electrons. The number of alkyl halides is 3. The van der Waals surface area contributed by atoms with E-state index in [0.29, 0.717) is 26.2 Å². The minimum absolute atomic E-state index is 0.143. The highest BCUT2D eigenvalue weighted by Crippen LogP contribution is 2.22. The minimum atomic E-state index is -4.15. The van der Waals surface area contributed by atoms with Gasteiger partial charge in [-0.25, -0.2) is 0 Å². The van der Waals surface area contributed by atoms with E-state index in [2.05, 4.69) is 10.2 Å². The van der Waals surface area contributed by atoms with E-state index in [1.807, 2.05) is 37.3 Å². The molecule has 1 unspecified atom stereocenters. The van der Waals surface area contributed by atoms with Crippen LogP contribution in [0.1, 0.15) is 32.5 Å². The number of hydrogen-bond acceptors (Lipinski definition) is 4. The van der Waals surface area contributed by atoms with Crippen molar-refractivity contribution < 1.29 is 13.2 Å². The first-order chi connectivity index (χ1) is 10.2. The molecule has 2 heterocycles. The predicted octanol–water partition coefficient (Wildman–Crippen LogP) is 2.26. The van der Waals surface area contributed by atoms with Crippen molar-refractivity contribution in [2.24, 2.45) is 13.0 Å². The molecule has 0 aromatic carbocycles. The molecule has 1 atom stereocenters. The summed E-state index contributed by atoms with van der Waals surface area (Å²) in [4.78, 5) is 3.52. The molecule has 1 fully saturated rings. The lowest BCUT2D eigenvalue weighted by Gasteiger charge is -2.23. The third-order valence-electron chi connectivity index (χ3n) is 3.88. The Kier molecular flexibility index (Phi) is 4.99. The van der Waals surface area contributed by atoms with Crippen molar-refractivity contribution in [1.29, 1.82) is 0 Å². The molecule has 0 saturated carbocycles. The molecule has 22 heavy (non-hydrogen) atoms. The van der Waals surface area contributed by atoms with Crippen LogP contribution < -0.4 is 4.90 Å². The van der Waals surface area contributed by atoms with E-state index in [4.69, 9.17) is 0 Å². The van der Waals surface area contributed by atoms with Gasteiger partial charge in [0.05, 0.1) is 6.54 Å². The van der Waals surface area contributed by atoms with Crippen LogP contribution in [0.2, 0.25) is 0 Å². The van der Waals surface area contributed by atoms with Gasteiger partial charge in [0.1, 0.15) is 5.82 Å². The predicted molar refractivity (Wildman–Crippen MR) is 79.0 cm³/mol. The quantitative estimate of drug-likeness (QED) is 0.856. The number of hydrogen-bond donors (Lipinski definition) is 0. The van der Waals surface area contributed by atoms with Crippen molar-refractivity contribution in [3.8, 4) is 0 Å². The molecular weight excluding hydrogens is 295 g/mol. The summed E-state index contributed by atoms with van der Waals surface area (Å²) in [5.74, 6) is 2.03. The Hall–Kier alpha value is -1.31. The topological polar surface area (TPSA) is 37.2 Å². The van der Waals surface area contributed by atoms with Gasteiger partial charge in [-0.15, -0.1) is 10.2 Å². The van der Waals surface area contributed by atoms with Gasteiger partial charge in [-0.3, -0.25) is 4.90 Å². The van der Waals surface area contributed by atoms with Gasteiger partial charge in [0, 0.05) is 39.1 Å². The van der Waals surface area contributed by atoms with E-state index < -0.39 is 12.7 Å². The van der Waals surface area contributed by atoms with E-state index in [9.17, 15) is 13.2 Å². The fraction of sp³-hybridized carbons (Fsp3) is 0.857. The lowest BCUT2D eigenvalue weighted by atomic mass is 10.1. The summed E-state index contributed by atoms with van der Waals surface area (Å²) >= 11 is 0. The van der Waals surface area contributed by atoms with Crippen molar-refractivity contribution in [1.82, 2.24) is 19.7 Å². The Balaban J connectivity index is 2.11. The summed E-state index contributed by atoms with van der Waals surface area (Å²) in [6.07, 6.45) is -4.15. The number of anilines is 1. The van der Waals surface area contributed by atoms with Crippen LogP contribution >= 0.6 is 0 Å². The molecule has 2 rings (SSSR count). The third kappa shape index (κ3) is 4.12. The molecule has 1 aliphatic rings. The molecule has 126 valence electrons. The lowest BCUT2D eigenvalue weighted by molar-refractivity contribution is -0.146. The summed E-state index contributed by atoms with van der Waals surface area (Å²) in [6.45, 7) is 7.28. The van der Waals surface area contributed by atoms with Crippen molar-refractivity contribution in [2.75, 3.05) is 37.6 Å². The monoisotopic (exact) mass is 319 g/mol. The second-order valence-corrected chi connectivity index (χ2v) is 6.47. The van der Waals surface area contributed by atoms with Crippen LogP contribution in [-0.4, -0.2) is 58.6 Å². The Labute approximate surface area is 129 Å². The maximum absolute atomic E-state index is 12.6. The van der Waals surface area contributed by atoms with Crippen molar-refractivity contribution in [3.05, 3.63) is 5.82 Å². The second-order valence-electron chi connectivity index (χ2n) is 6.47. The van der Waals surface area contributed by atoms with Gasteiger partial charge in [0.25, 0.3) is 0 Å². The molecule has 0 N–H and O–H groups in total. The minimum Gasteiger partial charge on any atom is -0.339 e. The molecule has 0 bridgehead atoms. The van der Waals surface area contributed by atoms with E-state index >= 15 is 0 Å². The third-order valence-corrected chi connectivity index (χ3v) is 3.88. The number of nitrogens with zero attached hydrogens (tertiary/aromatic N) is 5. The highest BCUT2D eigenvalue weighted by Gasteiger charge is 2.33. The van der Waals surface area contributed by atoms with Gasteiger partial charge in [-0.05, 0) is 5.92 Å². The van der Waals surface area contributed by atoms with E-state index in [1.54, 1.807) is 0 Å². The smallest absolute Gasteiger partial charge is 0.339 e. The van der Waals surface area contributed by atoms with Gasteiger partial charge >= 0.3 is 6.18 Å². The highest BCUT2D eigenvalue weighted by molar-refractivity contribution is 5.32. The summed E-state index contributed by atoms with van der Waals surface area (Å²) < 4.78 is 39.7. The van der Waals surface area contributed by atoms with E-state index in [1.165, 1.54) is 4.90 Å². The second kappa shape index (κ2) is 6.44. The zero-order valence-corrected chi connectivity index (χ0v) is 13.6. The van der Waals surface area contributed by atoms with Gasteiger partial charge in [-0.1, -0.05) is 20.8 Å². The molecule has 1 aromatic heterocycles. The van der Waals surface area contributed by atoms with Crippen LogP contribution in [0.3, 0.4) is 0 Å². The van der Waals surface area contributed by atoms with Gasteiger partial charge in [0.15, 0.2) is 0 Å². The largest absolute Gasteiger partial charge is 0.401 e. The van der Waals surface area contributed by atoms with Crippen LogP contribution in [0.15, 0.2) is 0 Å². The first kappa shape index (κ1) is 17.1. The molecule has 1 saturated heterocycles. The Morgan fingerprint density at radius 3 is 2.41 bits per heavy atom. The zero-order valence-electron chi connectivity index (χ0n) is 13.6. The fourth-order valence-electron chi connectivity index (χ4n) is 3.01. The normalized spacial score (nSPS) is 21.5. The lowest BCUT2D eigenvalue weighted by Crippen LogP contribution is -2.38. The maximum Gasteiger partial charge on any atom is 0.401 e. The van der Waals surface area contributed by atoms with E-state index in [-0.39, 0.29) is 11.8 Å². The van der Waals surface area contributed by atoms with Crippen LogP contribution in [0.25, 0.3) is 0 Å². The first-order valence-corrected chi connectivity index (χ1v) is 7.60. The molecular formula is C14H24F3N5. The van der Waals surface area contributed by atoms with Crippen LogP contribution in [0.5, 0.6) is 0 Å².